The van der Waals surface area contributed by atoms with Gasteiger partial charge in [0.15, 0.2) is 16.6 Å². The number of halogens is 1. The molecule has 0 spiro atoms. The van der Waals surface area contributed by atoms with E-state index in [4.69, 9.17) is 4.74 Å². The number of nitrogens with zero attached hydrogens (tertiary/aromatic N) is 5. The number of carbonyl (C=O) groups is 2. The number of fused-ring (bicyclic) bond motifs is 1. The zero-order valence-electron chi connectivity index (χ0n) is 17.3. The Morgan fingerprint density at radius 2 is 2.00 bits per heavy atom. The quantitative estimate of drug-likeness (QED) is 0.659. The number of hydrogen-bond acceptors (Lipinski definition) is 7. The van der Waals surface area contributed by atoms with Gasteiger partial charge in [-0.05, 0) is 56.6 Å². The van der Waals surface area contributed by atoms with E-state index in [9.17, 15) is 14.0 Å². The maximum Gasteiger partial charge on any atom is 0.412 e. The van der Waals surface area contributed by atoms with Gasteiger partial charge in [0, 0.05) is 18.7 Å². The van der Waals surface area contributed by atoms with Crippen molar-refractivity contribution in [3.05, 3.63) is 47.2 Å². The maximum atomic E-state index is 13.3. The number of nitrogens with one attached hydrogen (secondary N) is 1. The molecule has 0 saturated carbocycles. The fraction of sp³-hybridized carbons (Fsp3) is 0.350. The standard InChI is InChI=1S/C20H21FN6O3S/c1-4-30-20(29)24-16-15-11(2)26(19(28)13-5-7-14(21)8-6-13)9-10-27(15)17(23-16)18-22-12(3)25-31-18/h5-8,11H,4,9-10H2,1-3H3,(H,24,29). The van der Waals surface area contributed by atoms with Crippen LogP contribution in [0.4, 0.5) is 15.0 Å². The minimum absolute atomic E-state index is 0.217. The first-order valence-electron chi connectivity index (χ1n) is 9.80. The van der Waals surface area contributed by atoms with E-state index in [1.807, 2.05) is 11.5 Å². The van der Waals surface area contributed by atoms with Crippen molar-refractivity contribution in [3.8, 4) is 10.8 Å². The number of carbonyl (C=O) groups excluding carboxylic acids is 2. The highest BCUT2D eigenvalue weighted by atomic mass is 32.1. The van der Waals surface area contributed by atoms with E-state index in [2.05, 4.69) is 19.7 Å². The van der Waals surface area contributed by atoms with Gasteiger partial charge in [0.1, 0.15) is 11.6 Å². The molecule has 31 heavy (non-hydrogen) atoms. The van der Waals surface area contributed by atoms with Crippen molar-refractivity contribution in [2.24, 2.45) is 0 Å². The van der Waals surface area contributed by atoms with E-state index in [1.54, 1.807) is 18.7 Å². The second-order valence-corrected chi connectivity index (χ2v) is 7.75. The minimum Gasteiger partial charge on any atom is -0.450 e. The molecular weight excluding hydrogens is 423 g/mol. The van der Waals surface area contributed by atoms with Crippen molar-refractivity contribution in [1.82, 2.24) is 23.8 Å². The number of imidazole rings is 1. The Kier molecular flexibility index (Phi) is 5.68. The summed E-state index contributed by atoms with van der Waals surface area (Å²) < 4.78 is 24.4. The SMILES string of the molecule is CCOC(=O)Nc1nc(-c2nc(C)ns2)n2c1C(C)N(C(=O)c1ccc(F)cc1)CC2. The number of hydrogen-bond donors (Lipinski definition) is 1. The maximum absolute atomic E-state index is 13.3. The molecule has 0 saturated heterocycles. The molecular formula is C20H21FN6O3S. The van der Waals surface area contributed by atoms with Gasteiger partial charge in [-0.15, -0.1) is 0 Å². The lowest BCUT2D eigenvalue weighted by Gasteiger charge is -2.35. The smallest absolute Gasteiger partial charge is 0.412 e. The molecule has 162 valence electrons. The summed E-state index contributed by atoms with van der Waals surface area (Å²) in [6, 6.07) is 5.04. The van der Waals surface area contributed by atoms with Crippen molar-refractivity contribution < 1.29 is 18.7 Å². The Hall–Kier alpha value is -3.34. The summed E-state index contributed by atoms with van der Waals surface area (Å²) in [6.07, 6.45) is -0.627. The van der Waals surface area contributed by atoms with Crippen LogP contribution in [0.2, 0.25) is 0 Å². The lowest BCUT2D eigenvalue weighted by atomic mass is 10.1. The third-order valence-electron chi connectivity index (χ3n) is 5.00. The largest absolute Gasteiger partial charge is 0.450 e. The molecule has 1 atom stereocenters. The highest BCUT2D eigenvalue weighted by molar-refractivity contribution is 7.09. The fourth-order valence-corrected chi connectivity index (χ4v) is 4.28. The van der Waals surface area contributed by atoms with Crippen molar-refractivity contribution in [2.75, 3.05) is 18.5 Å². The molecule has 3 heterocycles. The third-order valence-corrected chi connectivity index (χ3v) is 5.80. The summed E-state index contributed by atoms with van der Waals surface area (Å²) in [5, 5.41) is 3.31. The molecule has 3 aromatic rings. The van der Waals surface area contributed by atoms with Crippen LogP contribution in [0.15, 0.2) is 24.3 Å². The topological polar surface area (TPSA) is 102 Å². The van der Waals surface area contributed by atoms with Crippen molar-refractivity contribution in [1.29, 1.82) is 0 Å². The van der Waals surface area contributed by atoms with Crippen LogP contribution in [0.5, 0.6) is 0 Å². The van der Waals surface area contributed by atoms with E-state index in [0.29, 0.717) is 46.8 Å². The molecule has 1 unspecified atom stereocenters. The zero-order valence-corrected chi connectivity index (χ0v) is 18.1. The third kappa shape index (κ3) is 4.00. The second-order valence-electron chi connectivity index (χ2n) is 6.99. The number of anilines is 1. The molecule has 2 aromatic heterocycles. The molecule has 1 N–H and O–H groups in total. The molecule has 1 aliphatic rings. The number of aromatic nitrogens is 4. The highest BCUT2D eigenvalue weighted by Crippen LogP contribution is 2.36. The summed E-state index contributed by atoms with van der Waals surface area (Å²) in [5.74, 6) is 0.891. The Morgan fingerprint density at radius 3 is 2.65 bits per heavy atom. The molecule has 11 heteroatoms. The Labute approximate surface area is 182 Å². The monoisotopic (exact) mass is 444 g/mol. The lowest BCUT2D eigenvalue weighted by Crippen LogP contribution is -2.41. The van der Waals surface area contributed by atoms with E-state index in [1.165, 1.54) is 35.8 Å². The van der Waals surface area contributed by atoms with E-state index >= 15 is 0 Å². The van der Waals surface area contributed by atoms with Gasteiger partial charge < -0.3 is 14.2 Å². The summed E-state index contributed by atoms with van der Waals surface area (Å²) >= 11 is 1.22. The van der Waals surface area contributed by atoms with Crippen LogP contribution < -0.4 is 5.32 Å². The molecule has 0 aliphatic carbocycles. The number of benzene rings is 1. The van der Waals surface area contributed by atoms with Gasteiger partial charge >= 0.3 is 6.09 Å². The molecule has 1 aliphatic heterocycles. The van der Waals surface area contributed by atoms with E-state index in [0.717, 1.165) is 0 Å². The predicted molar refractivity (Wildman–Crippen MR) is 112 cm³/mol. The van der Waals surface area contributed by atoms with Crippen LogP contribution in [-0.4, -0.2) is 49.0 Å². The number of ether oxygens (including phenoxy) is 1. The van der Waals surface area contributed by atoms with Gasteiger partial charge in [0.2, 0.25) is 0 Å². The summed E-state index contributed by atoms with van der Waals surface area (Å²) in [4.78, 5) is 35.9. The van der Waals surface area contributed by atoms with Crippen molar-refractivity contribution in [2.45, 2.75) is 33.4 Å². The fourth-order valence-electron chi connectivity index (χ4n) is 3.61. The molecule has 2 amide bonds. The van der Waals surface area contributed by atoms with Crippen LogP contribution in [0, 0.1) is 12.7 Å². The average Bonchev–Trinajstić information content (AvgIpc) is 3.32. The van der Waals surface area contributed by atoms with Crippen LogP contribution in [-0.2, 0) is 11.3 Å². The molecule has 0 radical (unpaired) electrons. The Morgan fingerprint density at radius 1 is 1.26 bits per heavy atom. The van der Waals surface area contributed by atoms with Gasteiger partial charge in [-0.1, -0.05) is 0 Å². The van der Waals surface area contributed by atoms with Crippen LogP contribution in [0.3, 0.4) is 0 Å². The zero-order chi connectivity index (χ0) is 22.1. The average molecular weight is 444 g/mol. The molecule has 4 rings (SSSR count). The summed E-state index contributed by atoms with van der Waals surface area (Å²) in [6.45, 7) is 6.46. The summed E-state index contributed by atoms with van der Waals surface area (Å²) in [5.41, 5.74) is 1.05. The Balaban J connectivity index is 1.73. The van der Waals surface area contributed by atoms with Gasteiger partial charge in [-0.3, -0.25) is 10.1 Å². The van der Waals surface area contributed by atoms with Crippen LogP contribution >= 0.6 is 11.5 Å². The predicted octanol–water partition coefficient (Wildman–Crippen LogP) is 3.63. The van der Waals surface area contributed by atoms with Crippen molar-refractivity contribution in [3.63, 3.8) is 0 Å². The Bertz CT molecular complexity index is 1130. The van der Waals surface area contributed by atoms with Crippen LogP contribution in [0.25, 0.3) is 10.8 Å². The minimum atomic E-state index is -0.627. The number of aryl methyl sites for hydroxylation is 1. The first-order valence-corrected chi connectivity index (χ1v) is 10.6. The second kappa shape index (κ2) is 8.42. The van der Waals surface area contributed by atoms with Crippen molar-refractivity contribution >= 4 is 29.4 Å². The number of rotatable bonds is 4. The van der Waals surface area contributed by atoms with Crippen LogP contribution in [0.1, 0.15) is 41.8 Å². The van der Waals surface area contributed by atoms with Gasteiger partial charge in [0.25, 0.3) is 5.91 Å². The van der Waals surface area contributed by atoms with Gasteiger partial charge in [-0.2, -0.15) is 4.37 Å². The van der Waals surface area contributed by atoms with Gasteiger partial charge in [-0.25, -0.2) is 19.2 Å². The molecule has 1 aromatic carbocycles. The van der Waals surface area contributed by atoms with Gasteiger partial charge in [0.05, 0.1) is 18.3 Å². The summed E-state index contributed by atoms with van der Waals surface area (Å²) in [7, 11) is 0. The molecule has 0 fully saturated rings. The van der Waals surface area contributed by atoms with E-state index in [-0.39, 0.29) is 12.5 Å². The first kappa shape index (κ1) is 20.9. The normalized spacial score (nSPS) is 15.5. The first-order chi connectivity index (χ1) is 14.9. The highest BCUT2D eigenvalue weighted by Gasteiger charge is 2.35. The molecule has 0 bridgehead atoms. The number of amides is 2. The van der Waals surface area contributed by atoms with E-state index < -0.39 is 18.0 Å². The molecule has 9 nitrogen and oxygen atoms in total. The lowest BCUT2D eigenvalue weighted by molar-refractivity contribution is 0.0646.